The van der Waals surface area contributed by atoms with E-state index < -0.39 is 53.9 Å². The van der Waals surface area contributed by atoms with Gasteiger partial charge in [0.1, 0.15) is 18.8 Å². The quantitative estimate of drug-likeness (QED) is 0.120. The molecular weight excluding hydrogens is 664 g/mol. The van der Waals surface area contributed by atoms with Crippen LogP contribution in [-0.4, -0.2) is 66.3 Å². The van der Waals surface area contributed by atoms with Gasteiger partial charge in [-0.25, -0.2) is 0 Å². The molecule has 0 aromatic carbocycles. The van der Waals surface area contributed by atoms with E-state index in [-0.39, 0.29) is 46.2 Å². The molecule has 4 saturated carbocycles. The fourth-order valence-electron chi connectivity index (χ4n) is 12.9. The first-order chi connectivity index (χ1) is 24.1. The molecule has 10 nitrogen and oxygen atoms in total. The Bertz CT molecular complexity index is 1490. The zero-order valence-electron chi connectivity index (χ0n) is 33.3. The molecule has 6 rings (SSSR count). The van der Waals surface area contributed by atoms with Gasteiger partial charge < -0.3 is 28.8 Å². The third-order valence-corrected chi connectivity index (χ3v) is 16.2. The van der Waals surface area contributed by atoms with Crippen LogP contribution in [0.1, 0.15) is 140 Å². The maximum Gasteiger partial charge on any atom is 0.309 e. The van der Waals surface area contributed by atoms with Crippen LogP contribution in [-0.2, 0) is 42.9 Å². The Morgan fingerprint density at radius 1 is 0.827 bits per heavy atom. The summed E-state index contributed by atoms with van der Waals surface area (Å²) in [5.41, 5.74) is 1.05. The summed E-state index contributed by atoms with van der Waals surface area (Å²) >= 11 is 0. The lowest BCUT2D eigenvalue weighted by Crippen LogP contribution is -2.65. The highest BCUT2D eigenvalue weighted by atomic mass is 16.7. The van der Waals surface area contributed by atoms with Crippen molar-refractivity contribution in [3.8, 4) is 0 Å². The summed E-state index contributed by atoms with van der Waals surface area (Å²) in [4.78, 5) is 48.4. The molecule has 0 spiro atoms. The number of carboxylic acid groups (broad SMARTS) is 1. The molecule has 5 fully saturated rings. The second-order valence-electron chi connectivity index (χ2n) is 19.4. The molecule has 1 saturated heterocycles. The van der Waals surface area contributed by atoms with E-state index >= 15 is 0 Å². The summed E-state index contributed by atoms with van der Waals surface area (Å²) in [6.45, 7) is 20.4. The number of carboxylic acids is 1. The number of carbonyl (C=O) groups is 4. The van der Waals surface area contributed by atoms with Gasteiger partial charge >= 0.3 is 23.9 Å². The van der Waals surface area contributed by atoms with Crippen molar-refractivity contribution < 1.29 is 48.0 Å². The van der Waals surface area contributed by atoms with Gasteiger partial charge in [0.05, 0.1) is 11.5 Å². The van der Waals surface area contributed by atoms with Crippen LogP contribution < -0.4 is 0 Å². The fraction of sp³-hybridized carbons (Fsp3) is 0.857. The first kappa shape index (κ1) is 39.2. The van der Waals surface area contributed by atoms with E-state index in [1.54, 1.807) is 5.57 Å². The van der Waals surface area contributed by atoms with Crippen LogP contribution in [0, 0.1) is 50.2 Å². The number of rotatable bonds is 7. The molecule has 0 radical (unpaired) electrons. The zero-order chi connectivity index (χ0) is 38.2. The molecule has 0 aromatic rings. The molecule has 1 heterocycles. The standard InChI is InChI=1S/C42H64O10/c1-24(43)48-23-30-35(50-26(3)45)29(49-25(2)44)21-34(51-30)52-33-14-15-40(8)31(37(33,4)5)13-16-42(10)32(40)12-11-27-28-22-39(7,36(46)47)18-17-38(28,6)19-20-41(27,42)9/h11,28-35H,12-23H2,1-10H3,(H,46,47)/t28-,29-,30+,31-,32+,33-,34+,35+,38+,39-,40-,41+,42+/m0/s1. The van der Waals surface area contributed by atoms with Gasteiger partial charge in [0, 0.05) is 27.2 Å². The molecule has 1 aliphatic heterocycles. The highest BCUT2D eigenvalue weighted by molar-refractivity contribution is 5.74. The Labute approximate surface area is 310 Å². The minimum atomic E-state index is -0.936. The van der Waals surface area contributed by atoms with Crippen molar-refractivity contribution in [2.75, 3.05) is 6.61 Å². The number of allylic oxidation sites excluding steroid dienone is 2. The Morgan fingerprint density at radius 3 is 2.13 bits per heavy atom. The van der Waals surface area contributed by atoms with Crippen molar-refractivity contribution in [2.24, 2.45) is 50.2 Å². The summed E-state index contributed by atoms with van der Waals surface area (Å²) in [5, 5.41) is 10.3. The largest absolute Gasteiger partial charge is 0.481 e. The highest BCUT2D eigenvalue weighted by Gasteiger charge is 2.68. The molecule has 6 aliphatic rings. The maximum atomic E-state index is 12.5. The van der Waals surface area contributed by atoms with Crippen molar-refractivity contribution in [1.82, 2.24) is 0 Å². The van der Waals surface area contributed by atoms with Gasteiger partial charge in [-0.15, -0.1) is 0 Å². The Morgan fingerprint density at radius 2 is 1.50 bits per heavy atom. The lowest BCUT2D eigenvalue weighted by molar-refractivity contribution is -0.300. The van der Waals surface area contributed by atoms with Crippen LogP contribution in [0.4, 0.5) is 0 Å². The van der Waals surface area contributed by atoms with Crippen molar-refractivity contribution in [1.29, 1.82) is 0 Å². The summed E-state index contributed by atoms with van der Waals surface area (Å²) in [6, 6.07) is 0. The average molecular weight is 729 g/mol. The minimum absolute atomic E-state index is 0.0272. The lowest BCUT2D eigenvalue weighted by atomic mass is 9.33. The summed E-state index contributed by atoms with van der Waals surface area (Å²) in [6.07, 6.45) is 9.14. The first-order valence-electron chi connectivity index (χ1n) is 19.8. The monoisotopic (exact) mass is 728 g/mol. The van der Waals surface area contributed by atoms with E-state index in [1.165, 1.54) is 20.8 Å². The Kier molecular flexibility index (Phi) is 10.1. The van der Waals surface area contributed by atoms with Gasteiger partial charge in [0.15, 0.2) is 12.4 Å². The second-order valence-corrected chi connectivity index (χ2v) is 19.4. The third-order valence-electron chi connectivity index (χ3n) is 16.2. The van der Waals surface area contributed by atoms with E-state index in [1.807, 2.05) is 6.92 Å². The second kappa shape index (κ2) is 13.4. The van der Waals surface area contributed by atoms with E-state index in [4.69, 9.17) is 23.7 Å². The molecule has 10 heteroatoms. The summed E-state index contributed by atoms with van der Waals surface area (Å²) < 4.78 is 29.7. The smallest absolute Gasteiger partial charge is 0.309 e. The first-order valence-corrected chi connectivity index (χ1v) is 19.8. The van der Waals surface area contributed by atoms with Gasteiger partial charge in [-0.2, -0.15) is 0 Å². The lowest BCUT2D eigenvalue weighted by Gasteiger charge is -2.71. The van der Waals surface area contributed by atoms with Crippen LogP contribution in [0.2, 0.25) is 0 Å². The van der Waals surface area contributed by atoms with Gasteiger partial charge in [0.2, 0.25) is 0 Å². The number of aliphatic carboxylic acids is 1. The fourth-order valence-corrected chi connectivity index (χ4v) is 12.9. The van der Waals surface area contributed by atoms with Crippen molar-refractivity contribution in [3.05, 3.63) is 11.6 Å². The molecule has 292 valence electrons. The predicted molar refractivity (Wildman–Crippen MR) is 193 cm³/mol. The number of ether oxygens (including phenoxy) is 5. The molecule has 0 amide bonds. The maximum absolute atomic E-state index is 12.5. The van der Waals surface area contributed by atoms with E-state index in [9.17, 15) is 24.3 Å². The normalized spacial score (nSPS) is 46.5. The molecular formula is C42H64O10. The number of carbonyl (C=O) groups excluding carboxylic acids is 3. The number of hydrogen-bond donors (Lipinski definition) is 1. The van der Waals surface area contributed by atoms with Crippen LogP contribution >= 0.6 is 0 Å². The molecule has 0 unspecified atom stereocenters. The number of hydrogen-bond acceptors (Lipinski definition) is 9. The van der Waals surface area contributed by atoms with Crippen molar-refractivity contribution in [3.63, 3.8) is 0 Å². The summed E-state index contributed by atoms with van der Waals surface area (Å²) in [7, 11) is 0. The SMILES string of the molecule is CC(=O)OC[C@H]1O[C@H](O[C@H]2CC[C@]3(C)[C@H]4CC=C5[C@@H]6C[C@@](C)(C(=O)O)CC[C@]6(C)CC[C@@]5(C)[C@]4(C)CC[C@H]3C2(C)C)C[C@H](OC(C)=O)[C@H]1OC(C)=O. The molecule has 13 atom stereocenters. The van der Waals surface area contributed by atoms with Crippen LogP contribution in [0.5, 0.6) is 0 Å². The molecule has 0 bridgehead atoms. The third kappa shape index (κ3) is 6.33. The van der Waals surface area contributed by atoms with Crippen molar-refractivity contribution >= 4 is 23.9 Å². The van der Waals surface area contributed by atoms with E-state index in [2.05, 4.69) is 47.6 Å². The van der Waals surface area contributed by atoms with Gasteiger partial charge in [0.25, 0.3) is 0 Å². The molecule has 52 heavy (non-hydrogen) atoms. The zero-order valence-corrected chi connectivity index (χ0v) is 33.3. The van der Waals surface area contributed by atoms with Crippen LogP contribution in [0.3, 0.4) is 0 Å². The summed E-state index contributed by atoms with van der Waals surface area (Å²) in [5.74, 6) is -1.01. The van der Waals surface area contributed by atoms with Gasteiger partial charge in [-0.05, 0) is 116 Å². The van der Waals surface area contributed by atoms with Crippen LogP contribution in [0.25, 0.3) is 0 Å². The molecule has 0 aromatic heterocycles. The highest BCUT2D eigenvalue weighted by Crippen LogP contribution is 2.75. The number of esters is 3. The van der Waals surface area contributed by atoms with Crippen LogP contribution in [0.15, 0.2) is 11.6 Å². The average Bonchev–Trinajstić information content (AvgIpc) is 3.03. The Balaban J connectivity index is 1.24. The van der Waals surface area contributed by atoms with E-state index in [0.29, 0.717) is 17.8 Å². The topological polar surface area (TPSA) is 135 Å². The minimum Gasteiger partial charge on any atom is -0.481 e. The van der Waals surface area contributed by atoms with Gasteiger partial charge in [-0.3, -0.25) is 19.2 Å². The van der Waals surface area contributed by atoms with E-state index in [0.717, 1.165) is 64.2 Å². The Hall–Kier alpha value is -2.46. The molecule has 5 aliphatic carbocycles. The van der Waals surface area contributed by atoms with Crippen molar-refractivity contribution in [2.45, 2.75) is 171 Å². The van der Waals surface area contributed by atoms with Gasteiger partial charge in [-0.1, -0.05) is 53.2 Å². The number of fused-ring (bicyclic) bond motifs is 7. The molecule has 1 N–H and O–H groups in total. The predicted octanol–water partition coefficient (Wildman–Crippen LogP) is 7.80.